The molecule has 1 aliphatic rings. The van der Waals surface area contributed by atoms with Crippen molar-refractivity contribution >= 4 is 29.8 Å². The van der Waals surface area contributed by atoms with Gasteiger partial charge in [-0.1, -0.05) is 13.3 Å². The van der Waals surface area contributed by atoms with Crippen LogP contribution in [0.2, 0.25) is 0 Å². The van der Waals surface area contributed by atoms with Gasteiger partial charge in [0.05, 0.1) is 0 Å². The first-order valence-electron chi connectivity index (χ1n) is 5.65. The van der Waals surface area contributed by atoms with Gasteiger partial charge in [-0.25, -0.2) is 14.5 Å². The molecule has 1 saturated heterocycles. The molecule has 0 saturated carbocycles. The average Bonchev–Trinajstić information content (AvgIpc) is 2.51. The lowest BCUT2D eigenvalue weighted by molar-refractivity contribution is -0.143. The summed E-state index contributed by atoms with van der Waals surface area (Å²) >= 11 is 0. The van der Waals surface area contributed by atoms with Gasteiger partial charge in [-0.15, -0.1) is 0 Å². The second kappa shape index (κ2) is 5.94. The molecule has 0 radical (unpaired) electrons. The number of hydrogen-bond donors (Lipinski definition) is 2. The van der Waals surface area contributed by atoms with Gasteiger partial charge in [-0.05, 0) is 6.42 Å². The van der Waals surface area contributed by atoms with Crippen LogP contribution >= 0.6 is 0 Å². The van der Waals surface area contributed by atoms with Crippen LogP contribution in [0, 0.1) is 0 Å². The number of nitrogens with one attached hydrogen (secondary N) is 1. The van der Waals surface area contributed by atoms with E-state index in [2.05, 4.69) is 0 Å². The van der Waals surface area contributed by atoms with E-state index < -0.39 is 36.3 Å². The topological polar surface area (TPSA) is 130 Å². The Labute approximate surface area is 108 Å². The van der Waals surface area contributed by atoms with Gasteiger partial charge >= 0.3 is 23.9 Å². The molecule has 1 heterocycles. The molecule has 0 atom stereocenters. The molecule has 0 spiro atoms. The third kappa shape index (κ3) is 3.27. The quantitative estimate of drug-likeness (QED) is 0.477. The van der Waals surface area contributed by atoms with E-state index in [-0.39, 0.29) is 6.54 Å². The van der Waals surface area contributed by atoms with E-state index in [0.717, 1.165) is 11.3 Å². The number of nitrogens with two attached hydrogens (primary N) is 1. The van der Waals surface area contributed by atoms with Gasteiger partial charge in [0.15, 0.2) is 0 Å². The van der Waals surface area contributed by atoms with Gasteiger partial charge in [-0.2, -0.15) is 0 Å². The monoisotopic (exact) mass is 270 g/mol. The van der Waals surface area contributed by atoms with Crippen molar-refractivity contribution in [2.45, 2.75) is 19.8 Å². The number of nitrogens with zero attached hydrogens (tertiary/aromatic N) is 2. The molecule has 0 unspecified atom stereocenters. The Hall–Kier alpha value is -2.45. The average molecular weight is 270 g/mol. The maximum atomic E-state index is 11.8. The first-order chi connectivity index (χ1) is 8.88. The molecular weight excluding hydrogens is 256 g/mol. The summed E-state index contributed by atoms with van der Waals surface area (Å²) in [6.45, 7) is 1.27. The molecule has 3 N–H and O–H groups in total. The predicted molar refractivity (Wildman–Crippen MR) is 61.5 cm³/mol. The van der Waals surface area contributed by atoms with Crippen LogP contribution < -0.4 is 11.1 Å². The van der Waals surface area contributed by atoms with Crippen LogP contribution in [0.1, 0.15) is 19.8 Å². The van der Waals surface area contributed by atoms with Crippen molar-refractivity contribution in [1.82, 2.24) is 15.1 Å². The van der Waals surface area contributed by atoms with E-state index in [4.69, 9.17) is 5.73 Å². The number of hydrogen-bond acceptors (Lipinski definition) is 5. The molecular formula is C10H14N4O5. The summed E-state index contributed by atoms with van der Waals surface area (Å²) < 4.78 is 0. The van der Waals surface area contributed by atoms with Crippen LogP contribution in [-0.4, -0.2) is 52.7 Å². The molecule has 0 bridgehead atoms. The molecule has 0 aromatic rings. The molecule has 7 amide bonds. The molecule has 9 nitrogen and oxygen atoms in total. The first-order valence-corrected chi connectivity index (χ1v) is 5.65. The Morgan fingerprint density at radius 2 is 1.74 bits per heavy atom. The van der Waals surface area contributed by atoms with E-state index in [0.29, 0.717) is 11.3 Å². The van der Waals surface area contributed by atoms with Crippen molar-refractivity contribution < 1.29 is 24.0 Å². The summed E-state index contributed by atoms with van der Waals surface area (Å²) in [4.78, 5) is 57.8. The van der Waals surface area contributed by atoms with Crippen molar-refractivity contribution in [3.8, 4) is 0 Å². The van der Waals surface area contributed by atoms with Crippen LogP contribution in [0.5, 0.6) is 0 Å². The molecule has 1 aliphatic heterocycles. The zero-order valence-corrected chi connectivity index (χ0v) is 10.3. The van der Waals surface area contributed by atoms with Crippen molar-refractivity contribution in [2.24, 2.45) is 5.73 Å². The maximum Gasteiger partial charge on any atom is 0.334 e. The Bertz CT molecular complexity index is 447. The zero-order valence-electron chi connectivity index (χ0n) is 10.3. The maximum absolute atomic E-state index is 11.8. The standard InChI is InChI=1S/C10H14N4O5/c1-2-3-4-13-7(16)8(17)14(10(13)19)5-6(15)12-9(11)18/h2-5H2,1H3,(H3,11,12,15,18). The van der Waals surface area contributed by atoms with Crippen LogP contribution in [0.4, 0.5) is 9.59 Å². The number of carbonyl (C=O) groups excluding carboxylic acids is 5. The third-order valence-electron chi connectivity index (χ3n) is 2.43. The van der Waals surface area contributed by atoms with E-state index in [9.17, 15) is 24.0 Å². The van der Waals surface area contributed by atoms with E-state index in [1.807, 2.05) is 6.92 Å². The number of amides is 7. The van der Waals surface area contributed by atoms with Crippen molar-refractivity contribution in [3.05, 3.63) is 0 Å². The van der Waals surface area contributed by atoms with Gasteiger partial charge in [-0.3, -0.25) is 24.6 Å². The SMILES string of the molecule is CCCCN1C(=O)C(=O)N(CC(=O)NC(N)=O)C1=O. The van der Waals surface area contributed by atoms with Crippen LogP contribution in [0.3, 0.4) is 0 Å². The van der Waals surface area contributed by atoms with Crippen molar-refractivity contribution in [1.29, 1.82) is 0 Å². The van der Waals surface area contributed by atoms with Crippen LogP contribution in [0.25, 0.3) is 0 Å². The zero-order chi connectivity index (χ0) is 14.6. The lowest BCUT2D eigenvalue weighted by atomic mass is 10.3. The fourth-order valence-electron chi connectivity index (χ4n) is 1.52. The molecule has 9 heteroatoms. The fraction of sp³-hybridized carbons (Fsp3) is 0.500. The van der Waals surface area contributed by atoms with Gasteiger partial charge in [0.25, 0.3) is 0 Å². The Kier molecular flexibility index (Phi) is 4.56. The highest BCUT2D eigenvalue weighted by atomic mass is 16.2. The first kappa shape index (κ1) is 14.6. The highest BCUT2D eigenvalue weighted by Crippen LogP contribution is 2.12. The van der Waals surface area contributed by atoms with Gasteiger partial charge in [0.2, 0.25) is 5.91 Å². The van der Waals surface area contributed by atoms with Gasteiger partial charge < -0.3 is 5.73 Å². The second-order valence-electron chi connectivity index (χ2n) is 3.90. The lowest BCUT2D eigenvalue weighted by Crippen LogP contribution is -2.44. The summed E-state index contributed by atoms with van der Waals surface area (Å²) in [6.07, 6.45) is 1.31. The summed E-state index contributed by atoms with van der Waals surface area (Å²) in [5, 5.41) is 1.71. The Balaban J connectivity index is 2.72. The van der Waals surface area contributed by atoms with E-state index in [1.165, 1.54) is 0 Å². The number of unbranched alkanes of at least 4 members (excludes halogenated alkanes) is 1. The summed E-state index contributed by atoms with van der Waals surface area (Å²) in [7, 11) is 0. The van der Waals surface area contributed by atoms with Crippen molar-refractivity contribution in [3.63, 3.8) is 0 Å². The Morgan fingerprint density at radius 1 is 1.16 bits per heavy atom. The van der Waals surface area contributed by atoms with Crippen molar-refractivity contribution in [2.75, 3.05) is 13.1 Å². The van der Waals surface area contributed by atoms with Gasteiger partial charge in [0.1, 0.15) is 6.54 Å². The molecule has 104 valence electrons. The van der Waals surface area contributed by atoms with E-state index >= 15 is 0 Å². The van der Waals surface area contributed by atoms with E-state index in [1.54, 1.807) is 5.32 Å². The molecule has 0 aromatic heterocycles. The molecule has 0 aliphatic carbocycles. The summed E-state index contributed by atoms with van der Waals surface area (Å²) in [5.74, 6) is -2.98. The molecule has 0 aromatic carbocycles. The lowest BCUT2D eigenvalue weighted by Gasteiger charge is -2.14. The molecule has 1 rings (SSSR count). The highest BCUT2D eigenvalue weighted by molar-refractivity contribution is 6.45. The minimum atomic E-state index is -1.10. The number of rotatable bonds is 5. The highest BCUT2D eigenvalue weighted by Gasteiger charge is 2.44. The largest absolute Gasteiger partial charge is 0.351 e. The minimum Gasteiger partial charge on any atom is -0.351 e. The minimum absolute atomic E-state index is 0.119. The third-order valence-corrected chi connectivity index (χ3v) is 2.43. The van der Waals surface area contributed by atoms with Crippen LogP contribution in [-0.2, 0) is 14.4 Å². The normalized spacial score (nSPS) is 15.1. The molecule has 19 heavy (non-hydrogen) atoms. The number of carbonyl (C=O) groups is 5. The number of imide groups is 3. The smallest absolute Gasteiger partial charge is 0.334 e. The predicted octanol–water partition coefficient (Wildman–Crippen LogP) is -1.23. The molecule has 1 fully saturated rings. The number of urea groups is 2. The second-order valence-corrected chi connectivity index (χ2v) is 3.90. The number of primary amides is 1. The Morgan fingerprint density at radius 3 is 2.26 bits per heavy atom. The van der Waals surface area contributed by atoms with Gasteiger partial charge in [0, 0.05) is 6.54 Å². The fourth-order valence-corrected chi connectivity index (χ4v) is 1.52. The summed E-state index contributed by atoms with van der Waals surface area (Å²) in [6, 6.07) is -1.96. The van der Waals surface area contributed by atoms with Crippen LogP contribution in [0.15, 0.2) is 0 Å². The summed E-state index contributed by atoms with van der Waals surface area (Å²) in [5.41, 5.74) is 4.72.